The van der Waals surface area contributed by atoms with E-state index in [0.29, 0.717) is 31.1 Å². The van der Waals surface area contributed by atoms with Gasteiger partial charge in [-0.1, -0.05) is 67.1 Å². The van der Waals surface area contributed by atoms with Crippen LogP contribution in [0.5, 0.6) is 5.75 Å². The Hall–Kier alpha value is -4.30. The molecule has 4 aliphatic rings. The van der Waals surface area contributed by atoms with Gasteiger partial charge in [0, 0.05) is 12.1 Å². The first-order valence-corrected chi connectivity index (χ1v) is 22.8. The van der Waals surface area contributed by atoms with Crippen molar-refractivity contribution < 1.29 is 54.0 Å². The predicted molar refractivity (Wildman–Crippen MR) is 227 cm³/mol. The number of benzene rings is 3. The lowest BCUT2D eigenvalue weighted by Crippen LogP contribution is -2.58. The number of phenolic OH excluding ortho intramolecular Hbond substituents is 1. The third-order valence-corrected chi connectivity index (χ3v) is 15.0. The molecule has 3 aromatic rings. The topological polar surface area (TPSA) is 119 Å². The molecular formula is C48H58F5NO7S. The molecule has 0 spiro atoms. The van der Waals surface area contributed by atoms with Crippen LogP contribution in [0, 0.1) is 29.1 Å². The number of halogens is 5. The number of carbonyl (C=O) groups excluding carboxylic acids is 2. The number of esters is 1. The molecule has 62 heavy (non-hydrogen) atoms. The number of ether oxygens (including phenoxy) is 1. The van der Waals surface area contributed by atoms with Crippen molar-refractivity contribution in [2.24, 2.45) is 29.1 Å². The molecule has 0 aliphatic heterocycles. The second-order valence-corrected chi connectivity index (χ2v) is 20.7. The van der Waals surface area contributed by atoms with Crippen molar-refractivity contribution >= 4 is 27.7 Å². The molecule has 4 saturated carbocycles. The van der Waals surface area contributed by atoms with E-state index in [9.17, 15) is 45.1 Å². The fourth-order valence-electron chi connectivity index (χ4n) is 10.4. The van der Waals surface area contributed by atoms with Gasteiger partial charge in [-0.25, -0.2) is 0 Å². The molecule has 7 rings (SSSR count). The van der Waals surface area contributed by atoms with Gasteiger partial charge in [0.15, 0.2) is 6.10 Å². The fourth-order valence-corrected chi connectivity index (χ4v) is 11.2. The van der Waals surface area contributed by atoms with Crippen molar-refractivity contribution in [3.05, 3.63) is 108 Å². The van der Waals surface area contributed by atoms with Crippen LogP contribution in [0.2, 0.25) is 0 Å². The highest BCUT2D eigenvalue weighted by Gasteiger charge is 2.59. The van der Waals surface area contributed by atoms with E-state index in [-0.39, 0.29) is 40.7 Å². The summed E-state index contributed by atoms with van der Waals surface area (Å²) in [5.41, 5.74) is 1.11. The summed E-state index contributed by atoms with van der Waals surface area (Å²) in [6.45, 7) is 12.5. The number of anilines is 1. The number of hydrogen-bond acceptors (Lipinski definition) is 7. The number of phenols is 1. The Morgan fingerprint density at radius 1 is 0.823 bits per heavy atom. The van der Waals surface area contributed by atoms with Crippen LogP contribution in [0.15, 0.2) is 91.0 Å². The van der Waals surface area contributed by atoms with E-state index in [2.05, 4.69) is 29.8 Å². The molecule has 0 saturated heterocycles. The first-order chi connectivity index (χ1) is 28.9. The standard InChI is InChI=1S/C48H58F5NO7S/c1-29(2)20-42(47(49,50)51)61-62(58,59)48(52,53)43(56)54-40-16-12-33(13-17-40)30(3)21-36(35-14-18-41(55)19-15-35)27-37(34-10-8-7-9-11-34)28-45(4,5)44(57)60-46(6)38-23-31-22-32(25-38)26-39(46)24-31/h7-19,30-32,36-39,42,55H,1,20-28H2,2-6H3,(H,54,56). The Morgan fingerprint density at radius 3 is 1.89 bits per heavy atom. The van der Waals surface area contributed by atoms with Crippen LogP contribution in [-0.2, 0) is 28.6 Å². The minimum Gasteiger partial charge on any atom is -0.508 e. The summed E-state index contributed by atoms with van der Waals surface area (Å²) in [5, 5.41) is 6.60. The highest BCUT2D eigenvalue weighted by atomic mass is 32.2. The maximum atomic E-state index is 14.9. The summed E-state index contributed by atoms with van der Waals surface area (Å²) in [5.74, 6) is -0.555. The van der Waals surface area contributed by atoms with Gasteiger partial charge in [0.05, 0.1) is 5.41 Å². The fraction of sp³-hybridized carbons (Fsp3) is 0.542. The summed E-state index contributed by atoms with van der Waals surface area (Å²) in [6.07, 6.45) is -2.09. The number of hydrogen-bond donors (Lipinski definition) is 2. The van der Waals surface area contributed by atoms with Gasteiger partial charge in [-0.3, -0.25) is 13.8 Å². The highest BCUT2D eigenvalue weighted by Crippen LogP contribution is 2.60. The molecular weight excluding hydrogens is 830 g/mol. The molecule has 0 aromatic heterocycles. The summed E-state index contributed by atoms with van der Waals surface area (Å²) >= 11 is 0. The van der Waals surface area contributed by atoms with E-state index in [1.54, 1.807) is 29.6 Å². The van der Waals surface area contributed by atoms with Crippen molar-refractivity contribution in [3.63, 3.8) is 0 Å². The Kier molecular flexibility index (Phi) is 13.7. The van der Waals surface area contributed by atoms with Crippen LogP contribution < -0.4 is 5.32 Å². The van der Waals surface area contributed by atoms with Crippen molar-refractivity contribution in [2.45, 2.75) is 133 Å². The largest absolute Gasteiger partial charge is 0.508 e. The zero-order valence-electron chi connectivity index (χ0n) is 35.9. The lowest BCUT2D eigenvalue weighted by molar-refractivity contribution is -0.211. The van der Waals surface area contributed by atoms with Gasteiger partial charge in [-0.15, -0.1) is 6.58 Å². The van der Waals surface area contributed by atoms with E-state index in [4.69, 9.17) is 4.74 Å². The average molecular weight is 888 g/mol. The molecule has 4 unspecified atom stereocenters. The molecule has 338 valence electrons. The Labute approximate surface area is 361 Å². The summed E-state index contributed by atoms with van der Waals surface area (Å²) in [7, 11) is -6.38. The van der Waals surface area contributed by atoms with Gasteiger partial charge in [0.25, 0.3) is 0 Å². The van der Waals surface area contributed by atoms with Crippen LogP contribution in [0.25, 0.3) is 0 Å². The van der Waals surface area contributed by atoms with Crippen molar-refractivity contribution in [1.29, 1.82) is 0 Å². The monoisotopic (exact) mass is 887 g/mol. The second-order valence-electron chi connectivity index (χ2n) is 19.1. The number of alkyl halides is 5. The molecule has 4 atom stereocenters. The van der Waals surface area contributed by atoms with Crippen LogP contribution >= 0.6 is 0 Å². The van der Waals surface area contributed by atoms with Gasteiger partial charge in [0.2, 0.25) is 0 Å². The van der Waals surface area contributed by atoms with E-state index in [1.807, 2.05) is 51.1 Å². The van der Waals surface area contributed by atoms with Crippen LogP contribution in [-0.4, -0.2) is 48.5 Å². The molecule has 3 aromatic carbocycles. The second kappa shape index (κ2) is 18.1. The zero-order valence-corrected chi connectivity index (χ0v) is 36.7. The number of rotatable bonds is 18. The summed E-state index contributed by atoms with van der Waals surface area (Å²) in [4.78, 5) is 26.8. The minimum atomic E-state index is -6.38. The zero-order chi connectivity index (χ0) is 45.4. The SMILES string of the molecule is C=C(C)CC(OS(=O)(=O)C(F)(F)C(=O)Nc1ccc(C(C)CC(CC(CC(C)(C)C(=O)OC2(C)C3CC4CC(C3)CC2C4)c2ccccc2)c2ccc(O)cc2)cc1)C(F)(F)F. The lowest BCUT2D eigenvalue weighted by atomic mass is 9.50. The number of nitrogens with one attached hydrogen (secondary N) is 1. The molecule has 8 nitrogen and oxygen atoms in total. The first kappa shape index (κ1) is 47.2. The molecule has 4 bridgehead atoms. The van der Waals surface area contributed by atoms with E-state index in [1.165, 1.54) is 18.6 Å². The molecule has 0 heterocycles. The molecule has 0 radical (unpaired) electrons. The quantitative estimate of drug-likeness (QED) is 0.0565. The third kappa shape index (κ3) is 10.5. The first-order valence-electron chi connectivity index (χ1n) is 21.4. The van der Waals surface area contributed by atoms with Crippen LogP contribution in [0.3, 0.4) is 0 Å². The minimum absolute atomic E-state index is 0.0808. The van der Waals surface area contributed by atoms with Crippen molar-refractivity contribution in [2.75, 3.05) is 5.32 Å². The normalized spacial score (nSPS) is 24.5. The maximum Gasteiger partial charge on any atom is 0.447 e. The molecule has 1 amide bonds. The lowest BCUT2D eigenvalue weighted by Gasteiger charge is -2.59. The number of amides is 1. The van der Waals surface area contributed by atoms with Crippen LogP contribution in [0.1, 0.15) is 127 Å². The highest BCUT2D eigenvalue weighted by molar-refractivity contribution is 7.88. The Morgan fingerprint density at radius 2 is 1.35 bits per heavy atom. The van der Waals surface area contributed by atoms with Gasteiger partial charge >= 0.3 is 33.4 Å². The third-order valence-electron chi connectivity index (χ3n) is 13.7. The van der Waals surface area contributed by atoms with Gasteiger partial charge < -0.3 is 15.2 Å². The number of aromatic hydroxyl groups is 1. The molecule has 4 fully saturated rings. The van der Waals surface area contributed by atoms with E-state index in [0.717, 1.165) is 61.1 Å². The molecule has 2 N–H and O–H groups in total. The summed E-state index contributed by atoms with van der Waals surface area (Å²) < 4.78 is 105. The van der Waals surface area contributed by atoms with E-state index >= 15 is 0 Å². The van der Waals surface area contributed by atoms with E-state index < -0.39 is 51.0 Å². The average Bonchev–Trinajstić information content (AvgIpc) is 3.19. The van der Waals surface area contributed by atoms with Crippen LogP contribution in [0.4, 0.5) is 27.6 Å². The molecule has 4 aliphatic carbocycles. The Balaban J connectivity index is 1.17. The van der Waals surface area contributed by atoms with Crippen molar-refractivity contribution in [1.82, 2.24) is 0 Å². The van der Waals surface area contributed by atoms with Gasteiger partial charge in [0.1, 0.15) is 11.4 Å². The van der Waals surface area contributed by atoms with Gasteiger partial charge in [-0.2, -0.15) is 30.4 Å². The maximum absolute atomic E-state index is 14.9. The van der Waals surface area contributed by atoms with Crippen molar-refractivity contribution in [3.8, 4) is 5.75 Å². The summed E-state index contributed by atoms with van der Waals surface area (Å²) in [6, 6.07) is 22.8. The smallest absolute Gasteiger partial charge is 0.447 e. The molecule has 14 heteroatoms. The Bertz CT molecular complexity index is 2150. The van der Waals surface area contributed by atoms with Gasteiger partial charge in [-0.05, 0) is 161 Å². The number of carbonyl (C=O) groups is 2. The predicted octanol–water partition coefficient (Wildman–Crippen LogP) is 11.8.